The summed E-state index contributed by atoms with van der Waals surface area (Å²) in [5, 5.41) is 6.54. The Morgan fingerprint density at radius 2 is 1.82 bits per heavy atom. The maximum atomic E-state index is 11.3. The monoisotopic (exact) mass is 447 g/mol. The molecule has 134 valence electrons. The lowest BCUT2D eigenvalue weighted by atomic mass is 9.90. The molecule has 0 fully saturated rings. The van der Waals surface area contributed by atoms with Crippen LogP contribution in [-0.2, 0) is 9.84 Å². The highest BCUT2D eigenvalue weighted by Crippen LogP contribution is 2.21. The first-order chi connectivity index (χ1) is 9.56. The van der Waals surface area contributed by atoms with Crippen molar-refractivity contribution in [2.75, 3.05) is 31.6 Å². The van der Waals surface area contributed by atoms with Gasteiger partial charge in [0.2, 0.25) is 0 Å². The van der Waals surface area contributed by atoms with Crippen LogP contribution in [0, 0.1) is 11.3 Å². The van der Waals surface area contributed by atoms with E-state index in [-0.39, 0.29) is 35.1 Å². The lowest BCUT2D eigenvalue weighted by Crippen LogP contribution is -2.39. The molecule has 0 aliphatic carbocycles. The van der Waals surface area contributed by atoms with E-state index in [1.54, 1.807) is 0 Å². The Hall–Kier alpha value is -0.0500. The molecule has 5 nitrogen and oxygen atoms in total. The zero-order valence-electron chi connectivity index (χ0n) is 14.9. The summed E-state index contributed by atoms with van der Waals surface area (Å²) in [6, 6.07) is 0. The quantitative estimate of drug-likeness (QED) is 0.324. The summed E-state index contributed by atoms with van der Waals surface area (Å²) < 4.78 is 22.5. The molecular weight excluding hydrogens is 413 g/mol. The molecule has 0 radical (unpaired) electrons. The van der Waals surface area contributed by atoms with Crippen LogP contribution in [0.5, 0.6) is 0 Å². The number of hydrogen-bond donors (Lipinski definition) is 2. The second kappa shape index (κ2) is 11.5. The van der Waals surface area contributed by atoms with E-state index in [0.29, 0.717) is 18.9 Å². The molecule has 0 heterocycles. The van der Waals surface area contributed by atoms with Gasteiger partial charge in [0, 0.05) is 25.9 Å². The van der Waals surface area contributed by atoms with Gasteiger partial charge in [0.15, 0.2) is 5.96 Å². The van der Waals surface area contributed by atoms with Gasteiger partial charge in [-0.2, -0.15) is 0 Å². The van der Waals surface area contributed by atoms with Crippen LogP contribution in [-0.4, -0.2) is 46.0 Å². The topological polar surface area (TPSA) is 70.6 Å². The Morgan fingerprint density at radius 3 is 2.27 bits per heavy atom. The minimum Gasteiger partial charge on any atom is -0.357 e. The number of hydrogen-bond acceptors (Lipinski definition) is 3. The third-order valence-electron chi connectivity index (χ3n) is 3.17. The van der Waals surface area contributed by atoms with E-state index in [1.165, 1.54) is 6.26 Å². The maximum Gasteiger partial charge on any atom is 0.191 e. The Labute approximate surface area is 154 Å². The summed E-state index contributed by atoms with van der Waals surface area (Å²) >= 11 is 0. The van der Waals surface area contributed by atoms with Crippen molar-refractivity contribution >= 4 is 39.8 Å². The van der Waals surface area contributed by atoms with Gasteiger partial charge in [-0.3, -0.25) is 4.99 Å². The summed E-state index contributed by atoms with van der Waals surface area (Å²) in [6.45, 7) is 12.9. The summed E-state index contributed by atoms with van der Waals surface area (Å²) in [6.07, 6.45) is 3.01. The van der Waals surface area contributed by atoms with E-state index in [4.69, 9.17) is 0 Å². The van der Waals surface area contributed by atoms with Crippen LogP contribution < -0.4 is 10.6 Å². The fourth-order valence-corrected chi connectivity index (χ4v) is 2.58. The molecule has 0 aliphatic rings. The molecule has 0 saturated heterocycles. The smallest absolute Gasteiger partial charge is 0.191 e. The van der Waals surface area contributed by atoms with Gasteiger partial charge in [-0.1, -0.05) is 27.7 Å². The van der Waals surface area contributed by atoms with E-state index in [1.807, 2.05) is 6.92 Å². The standard InChI is InChI=1S/C15H33N3O2S.HI/c1-7-16-14(17-10-8-13(2)3)18-12-15(4,5)9-11-21(6,19)20;/h13H,7-12H2,1-6H3,(H2,16,17,18);1H. The zero-order valence-corrected chi connectivity index (χ0v) is 18.0. The molecule has 0 aromatic rings. The van der Waals surface area contributed by atoms with E-state index >= 15 is 0 Å². The predicted octanol–water partition coefficient (Wildman–Crippen LogP) is 2.67. The van der Waals surface area contributed by atoms with Gasteiger partial charge >= 0.3 is 0 Å². The van der Waals surface area contributed by atoms with Crippen molar-refractivity contribution in [2.45, 2.75) is 47.5 Å². The molecule has 0 amide bonds. The van der Waals surface area contributed by atoms with Crippen LogP contribution in [0.1, 0.15) is 47.5 Å². The van der Waals surface area contributed by atoms with E-state index in [0.717, 1.165) is 25.5 Å². The Balaban J connectivity index is 0. The fourth-order valence-electron chi connectivity index (χ4n) is 1.65. The van der Waals surface area contributed by atoms with E-state index < -0.39 is 9.84 Å². The second-order valence-corrected chi connectivity index (χ2v) is 9.11. The van der Waals surface area contributed by atoms with Gasteiger partial charge in [-0.15, -0.1) is 24.0 Å². The molecule has 2 N–H and O–H groups in total. The highest BCUT2D eigenvalue weighted by atomic mass is 127. The average Bonchev–Trinajstić information content (AvgIpc) is 2.33. The normalized spacial score (nSPS) is 13.0. The van der Waals surface area contributed by atoms with E-state index in [9.17, 15) is 8.42 Å². The number of nitrogens with zero attached hydrogens (tertiary/aromatic N) is 1. The molecule has 0 bridgehead atoms. The van der Waals surface area contributed by atoms with Crippen molar-refractivity contribution in [3.05, 3.63) is 0 Å². The highest BCUT2D eigenvalue weighted by molar-refractivity contribution is 14.0. The number of nitrogens with one attached hydrogen (secondary N) is 2. The van der Waals surface area contributed by atoms with Crippen LogP contribution in [0.4, 0.5) is 0 Å². The molecule has 7 heteroatoms. The predicted molar refractivity (Wildman–Crippen MR) is 107 cm³/mol. The van der Waals surface area contributed by atoms with Crippen LogP contribution in [0.25, 0.3) is 0 Å². The van der Waals surface area contributed by atoms with Crippen molar-refractivity contribution < 1.29 is 8.42 Å². The first-order valence-corrected chi connectivity index (χ1v) is 9.81. The van der Waals surface area contributed by atoms with Crippen LogP contribution >= 0.6 is 24.0 Å². The number of aliphatic imine (C=N–C) groups is 1. The molecule has 0 aromatic carbocycles. The first-order valence-electron chi connectivity index (χ1n) is 7.75. The molecule has 0 rings (SSSR count). The number of sulfone groups is 1. The maximum absolute atomic E-state index is 11.3. The SMILES string of the molecule is CCNC(=NCC(C)(C)CCS(C)(=O)=O)NCCC(C)C.I. The molecule has 0 aliphatic heterocycles. The fraction of sp³-hybridized carbons (Fsp3) is 0.933. The lowest BCUT2D eigenvalue weighted by Gasteiger charge is -2.22. The van der Waals surface area contributed by atoms with Gasteiger partial charge in [0.25, 0.3) is 0 Å². The van der Waals surface area contributed by atoms with Crippen molar-refractivity contribution in [2.24, 2.45) is 16.3 Å². The number of guanidine groups is 1. The minimum absolute atomic E-state index is 0. The number of rotatable bonds is 9. The Morgan fingerprint density at radius 1 is 1.23 bits per heavy atom. The van der Waals surface area contributed by atoms with Crippen LogP contribution in [0.15, 0.2) is 4.99 Å². The van der Waals surface area contributed by atoms with Crippen molar-refractivity contribution in [3.8, 4) is 0 Å². The molecule has 0 spiro atoms. The van der Waals surface area contributed by atoms with Gasteiger partial charge in [-0.25, -0.2) is 8.42 Å². The second-order valence-electron chi connectivity index (χ2n) is 6.85. The molecule has 0 saturated carbocycles. The lowest BCUT2D eigenvalue weighted by molar-refractivity contribution is 0.365. The third kappa shape index (κ3) is 14.9. The van der Waals surface area contributed by atoms with Crippen molar-refractivity contribution in [1.29, 1.82) is 0 Å². The molecule has 0 unspecified atom stereocenters. The largest absolute Gasteiger partial charge is 0.357 e. The third-order valence-corrected chi connectivity index (χ3v) is 4.12. The van der Waals surface area contributed by atoms with Gasteiger partial charge in [-0.05, 0) is 31.1 Å². The Kier molecular flexibility index (Phi) is 12.6. The summed E-state index contributed by atoms with van der Waals surface area (Å²) in [5.41, 5.74) is -0.122. The van der Waals surface area contributed by atoms with Gasteiger partial charge in [0.1, 0.15) is 9.84 Å². The molecule has 0 atom stereocenters. The molecular formula is C15H34IN3O2S. The minimum atomic E-state index is -2.91. The van der Waals surface area contributed by atoms with Gasteiger partial charge in [0.05, 0.1) is 5.75 Å². The molecule has 22 heavy (non-hydrogen) atoms. The summed E-state index contributed by atoms with van der Waals surface area (Å²) in [4.78, 5) is 4.58. The first kappa shape index (κ1) is 24.2. The summed E-state index contributed by atoms with van der Waals surface area (Å²) in [7, 11) is -2.91. The summed E-state index contributed by atoms with van der Waals surface area (Å²) in [5.74, 6) is 1.68. The number of halogens is 1. The Bertz CT molecular complexity index is 421. The van der Waals surface area contributed by atoms with Crippen molar-refractivity contribution in [1.82, 2.24) is 10.6 Å². The van der Waals surface area contributed by atoms with Crippen LogP contribution in [0.2, 0.25) is 0 Å². The van der Waals surface area contributed by atoms with Gasteiger partial charge < -0.3 is 10.6 Å². The van der Waals surface area contributed by atoms with Crippen LogP contribution in [0.3, 0.4) is 0 Å². The van der Waals surface area contributed by atoms with Crippen molar-refractivity contribution in [3.63, 3.8) is 0 Å². The van der Waals surface area contributed by atoms with E-state index in [2.05, 4.69) is 43.3 Å². The zero-order chi connectivity index (χ0) is 16.5. The highest BCUT2D eigenvalue weighted by Gasteiger charge is 2.20. The molecule has 0 aromatic heterocycles. The average molecular weight is 447 g/mol.